The Kier molecular flexibility index (Phi) is 1.48. The van der Waals surface area contributed by atoms with Gasteiger partial charge in [0.15, 0.2) is 0 Å². The third-order valence-corrected chi connectivity index (χ3v) is 1.59. The molecule has 0 saturated heterocycles. The second-order valence-electron chi connectivity index (χ2n) is 2.46. The first-order valence-corrected chi connectivity index (χ1v) is 3.53. The van der Waals surface area contributed by atoms with Gasteiger partial charge >= 0.3 is 0 Å². The van der Waals surface area contributed by atoms with Gasteiger partial charge in [-0.25, -0.2) is 0 Å². The van der Waals surface area contributed by atoms with Gasteiger partial charge in [-0.3, -0.25) is 5.10 Å². The van der Waals surface area contributed by atoms with Gasteiger partial charge in [-0.1, -0.05) is 0 Å². The monoisotopic (exact) mass is 147 g/mol. The van der Waals surface area contributed by atoms with Crippen molar-refractivity contribution in [2.75, 3.05) is 0 Å². The maximum absolute atomic E-state index is 3.86. The number of aromatic amines is 1. The number of nitrogens with zero attached hydrogens (tertiary/aromatic N) is 2. The predicted molar refractivity (Wildman–Crippen MR) is 42.1 cm³/mol. The highest BCUT2D eigenvalue weighted by molar-refractivity contribution is 5.04. The second-order valence-corrected chi connectivity index (χ2v) is 2.46. The van der Waals surface area contributed by atoms with Crippen LogP contribution in [0.1, 0.15) is 5.56 Å². The Morgan fingerprint density at radius 1 is 1.36 bits per heavy atom. The third kappa shape index (κ3) is 1.32. The Morgan fingerprint density at radius 2 is 2.18 bits per heavy atom. The Labute approximate surface area is 64.7 Å². The summed E-state index contributed by atoms with van der Waals surface area (Å²) in [4.78, 5) is 0. The highest BCUT2D eigenvalue weighted by Gasteiger charge is 1.92. The molecular formula is C8H9N3. The van der Waals surface area contributed by atoms with Crippen molar-refractivity contribution in [2.24, 2.45) is 0 Å². The van der Waals surface area contributed by atoms with Crippen LogP contribution in [-0.2, 0) is 6.54 Å². The summed E-state index contributed by atoms with van der Waals surface area (Å²) in [5.41, 5.74) is 1.20. The molecule has 56 valence electrons. The first kappa shape index (κ1) is 6.22. The van der Waals surface area contributed by atoms with E-state index in [1.165, 1.54) is 5.56 Å². The first-order valence-electron chi connectivity index (χ1n) is 3.53. The number of hydrogen-bond acceptors (Lipinski definition) is 1. The first-order chi connectivity index (χ1) is 5.45. The molecule has 2 rings (SSSR count). The van der Waals surface area contributed by atoms with Crippen molar-refractivity contribution >= 4 is 0 Å². The summed E-state index contributed by atoms with van der Waals surface area (Å²) in [5.74, 6) is 0. The minimum atomic E-state index is 0.892. The second kappa shape index (κ2) is 2.62. The largest absolute Gasteiger partial charge is 0.350 e. The quantitative estimate of drug-likeness (QED) is 0.681. The minimum absolute atomic E-state index is 0.892. The van der Waals surface area contributed by atoms with Gasteiger partial charge in [-0.15, -0.1) is 0 Å². The maximum Gasteiger partial charge on any atom is 0.0537 e. The molecule has 0 atom stereocenters. The molecule has 0 amide bonds. The van der Waals surface area contributed by atoms with E-state index in [0.29, 0.717) is 0 Å². The smallest absolute Gasteiger partial charge is 0.0537 e. The van der Waals surface area contributed by atoms with Crippen LogP contribution in [0.15, 0.2) is 36.9 Å². The third-order valence-electron chi connectivity index (χ3n) is 1.59. The van der Waals surface area contributed by atoms with E-state index >= 15 is 0 Å². The van der Waals surface area contributed by atoms with E-state index in [2.05, 4.69) is 14.8 Å². The average Bonchev–Trinajstić information content (AvgIpc) is 2.60. The molecule has 2 aromatic rings. The number of rotatable bonds is 2. The van der Waals surface area contributed by atoms with Crippen LogP contribution in [0.25, 0.3) is 0 Å². The fraction of sp³-hybridized carbons (Fsp3) is 0.125. The molecule has 0 unspecified atom stereocenters. The van der Waals surface area contributed by atoms with Crippen LogP contribution in [-0.4, -0.2) is 14.8 Å². The fourth-order valence-electron chi connectivity index (χ4n) is 1.05. The Balaban J connectivity index is 2.14. The number of H-pyrrole nitrogens is 1. The van der Waals surface area contributed by atoms with Gasteiger partial charge in [0.2, 0.25) is 0 Å². The molecule has 0 saturated carbocycles. The summed E-state index contributed by atoms with van der Waals surface area (Å²) in [6.07, 6.45) is 7.81. The molecule has 0 aliphatic heterocycles. The van der Waals surface area contributed by atoms with Crippen molar-refractivity contribution < 1.29 is 0 Å². The molecule has 0 aliphatic rings. The van der Waals surface area contributed by atoms with Crippen molar-refractivity contribution in [3.8, 4) is 0 Å². The maximum atomic E-state index is 3.86. The van der Waals surface area contributed by atoms with E-state index in [1.54, 1.807) is 0 Å². The Bertz CT molecular complexity index is 262. The SMILES string of the molecule is c1ccn(Cc2cn[nH]c2)c1. The molecule has 0 aromatic carbocycles. The molecule has 0 radical (unpaired) electrons. The van der Waals surface area contributed by atoms with Crippen LogP contribution in [0.5, 0.6) is 0 Å². The summed E-state index contributed by atoms with van der Waals surface area (Å²) in [6, 6.07) is 4.03. The number of nitrogens with one attached hydrogen (secondary N) is 1. The fourth-order valence-corrected chi connectivity index (χ4v) is 1.05. The van der Waals surface area contributed by atoms with Gasteiger partial charge < -0.3 is 4.57 Å². The van der Waals surface area contributed by atoms with Gasteiger partial charge in [0.05, 0.1) is 12.7 Å². The van der Waals surface area contributed by atoms with E-state index < -0.39 is 0 Å². The molecule has 1 N–H and O–H groups in total. The van der Waals surface area contributed by atoms with Gasteiger partial charge in [0.25, 0.3) is 0 Å². The molecule has 2 heterocycles. The zero-order chi connectivity index (χ0) is 7.52. The van der Waals surface area contributed by atoms with Crippen molar-refractivity contribution in [3.63, 3.8) is 0 Å². The van der Waals surface area contributed by atoms with Crippen LogP contribution < -0.4 is 0 Å². The van der Waals surface area contributed by atoms with Crippen LogP contribution in [0.4, 0.5) is 0 Å². The topological polar surface area (TPSA) is 33.6 Å². The number of hydrogen-bond donors (Lipinski definition) is 1. The zero-order valence-electron chi connectivity index (χ0n) is 6.07. The van der Waals surface area contributed by atoms with Gasteiger partial charge in [0, 0.05) is 24.2 Å². The van der Waals surface area contributed by atoms with Crippen LogP contribution >= 0.6 is 0 Å². The summed E-state index contributed by atoms with van der Waals surface area (Å²) in [6.45, 7) is 0.892. The Morgan fingerprint density at radius 3 is 2.82 bits per heavy atom. The van der Waals surface area contributed by atoms with Crippen molar-refractivity contribution in [3.05, 3.63) is 42.5 Å². The van der Waals surface area contributed by atoms with E-state index in [9.17, 15) is 0 Å². The number of aromatic nitrogens is 3. The van der Waals surface area contributed by atoms with Gasteiger partial charge in [-0.05, 0) is 12.1 Å². The lowest BCUT2D eigenvalue weighted by molar-refractivity contribution is 0.807. The van der Waals surface area contributed by atoms with Gasteiger partial charge in [0.1, 0.15) is 0 Å². The molecule has 2 aromatic heterocycles. The molecule has 0 aliphatic carbocycles. The molecular weight excluding hydrogens is 138 g/mol. The summed E-state index contributed by atoms with van der Waals surface area (Å²) >= 11 is 0. The lowest BCUT2D eigenvalue weighted by atomic mass is 10.4. The summed E-state index contributed by atoms with van der Waals surface area (Å²) in [7, 11) is 0. The van der Waals surface area contributed by atoms with Crippen LogP contribution in [0, 0.1) is 0 Å². The highest BCUT2D eigenvalue weighted by Crippen LogP contribution is 1.98. The molecule has 3 heteroatoms. The van der Waals surface area contributed by atoms with E-state index in [1.807, 2.05) is 36.9 Å². The molecule has 0 fully saturated rings. The Hall–Kier alpha value is -1.51. The normalized spacial score (nSPS) is 10.2. The summed E-state index contributed by atoms with van der Waals surface area (Å²) in [5, 5.41) is 6.64. The molecule has 3 nitrogen and oxygen atoms in total. The molecule has 0 bridgehead atoms. The van der Waals surface area contributed by atoms with Crippen LogP contribution in [0.2, 0.25) is 0 Å². The lowest BCUT2D eigenvalue weighted by Gasteiger charge is -1.96. The van der Waals surface area contributed by atoms with Crippen molar-refractivity contribution in [1.82, 2.24) is 14.8 Å². The average molecular weight is 147 g/mol. The molecule has 11 heavy (non-hydrogen) atoms. The zero-order valence-corrected chi connectivity index (χ0v) is 6.07. The lowest BCUT2D eigenvalue weighted by Crippen LogP contribution is -1.93. The minimum Gasteiger partial charge on any atom is -0.350 e. The van der Waals surface area contributed by atoms with Crippen LogP contribution in [0.3, 0.4) is 0 Å². The van der Waals surface area contributed by atoms with E-state index in [-0.39, 0.29) is 0 Å². The predicted octanol–water partition coefficient (Wildman–Crippen LogP) is 1.26. The van der Waals surface area contributed by atoms with E-state index in [4.69, 9.17) is 0 Å². The molecule has 0 spiro atoms. The summed E-state index contributed by atoms with van der Waals surface area (Å²) < 4.78 is 2.10. The van der Waals surface area contributed by atoms with Gasteiger partial charge in [-0.2, -0.15) is 5.10 Å². The van der Waals surface area contributed by atoms with Crippen molar-refractivity contribution in [2.45, 2.75) is 6.54 Å². The highest BCUT2D eigenvalue weighted by atomic mass is 15.1. The standard InChI is InChI=1S/C8H9N3/c1-2-4-11(3-1)7-8-5-9-10-6-8/h1-6H,7H2,(H,9,10). The van der Waals surface area contributed by atoms with E-state index in [0.717, 1.165) is 6.54 Å². The van der Waals surface area contributed by atoms with Crippen molar-refractivity contribution in [1.29, 1.82) is 0 Å².